The molecule has 0 saturated carbocycles. The van der Waals surface area contributed by atoms with Crippen LogP contribution in [-0.4, -0.2) is 41.3 Å². The molecule has 0 bridgehead atoms. The van der Waals surface area contributed by atoms with E-state index in [-0.39, 0.29) is 24.7 Å². The van der Waals surface area contributed by atoms with Crippen LogP contribution in [0.5, 0.6) is 0 Å². The lowest BCUT2D eigenvalue weighted by atomic mass is 10.0. The van der Waals surface area contributed by atoms with E-state index in [9.17, 15) is 9.90 Å². The maximum absolute atomic E-state index is 11.1. The molecule has 1 saturated heterocycles. The van der Waals surface area contributed by atoms with Crippen molar-refractivity contribution in [2.75, 3.05) is 13.2 Å². The van der Waals surface area contributed by atoms with E-state index >= 15 is 0 Å². The Kier molecular flexibility index (Phi) is 5.84. The van der Waals surface area contributed by atoms with Crippen LogP contribution in [0.1, 0.15) is 25.3 Å². The Bertz CT molecular complexity index is 684. The molecule has 2 aromatic carbocycles. The predicted octanol–water partition coefficient (Wildman–Crippen LogP) is 3.24. The summed E-state index contributed by atoms with van der Waals surface area (Å²) in [5.41, 5.74) is 3.60. The zero-order chi connectivity index (χ0) is 17.6. The molecule has 1 heterocycles. The van der Waals surface area contributed by atoms with Crippen molar-refractivity contribution in [3.05, 3.63) is 60.2 Å². The van der Waals surface area contributed by atoms with Crippen LogP contribution in [0.15, 0.2) is 54.6 Å². The maximum atomic E-state index is 11.1. The number of esters is 1. The van der Waals surface area contributed by atoms with Crippen LogP contribution in [0.25, 0.3) is 11.1 Å². The fraction of sp³-hybridized carbons (Fsp3) is 0.381. The summed E-state index contributed by atoms with van der Waals surface area (Å²) in [6, 6.07) is 19.2. The highest BCUT2D eigenvalue weighted by Crippen LogP contribution is 2.27. The molecule has 0 aromatic heterocycles. The molecule has 1 fully saturated rings. The molecular formula is C21H25NO3. The summed E-state index contributed by atoms with van der Waals surface area (Å²) in [6.07, 6.45) is 1.88. The molecule has 0 amide bonds. The van der Waals surface area contributed by atoms with E-state index in [1.54, 1.807) is 0 Å². The van der Waals surface area contributed by atoms with Crippen molar-refractivity contribution in [2.45, 2.75) is 38.4 Å². The van der Waals surface area contributed by atoms with Gasteiger partial charge in [-0.2, -0.15) is 0 Å². The number of hydrogen-bond donors (Lipinski definition) is 1. The predicted molar refractivity (Wildman–Crippen MR) is 97.9 cm³/mol. The lowest BCUT2D eigenvalue weighted by Gasteiger charge is -2.29. The first-order chi connectivity index (χ1) is 12.2. The van der Waals surface area contributed by atoms with Crippen molar-refractivity contribution < 1.29 is 14.6 Å². The molecule has 25 heavy (non-hydrogen) atoms. The number of carbonyl (C=O) groups excluding carboxylic acids is 1. The van der Waals surface area contributed by atoms with Crippen LogP contribution in [0.4, 0.5) is 0 Å². The van der Waals surface area contributed by atoms with Gasteiger partial charge in [-0.15, -0.1) is 0 Å². The van der Waals surface area contributed by atoms with Crippen molar-refractivity contribution in [1.82, 2.24) is 4.90 Å². The summed E-state index contributed by atoms with van der Waals surface area (Å²) in [6.45, 7) is 2.73. The summed E-state index contributed by atoms with van der Waals surface area (Å²) < 4.78 is 5.20. The van der Waals surface area contributed by atoms with Gasteiger partial charge in [0.15, 0.2) is 0 Å². The fourth-order valence-electron chi connectivity index (χ4n) is 3.51. The van der Waals surface area contributed by atoms with E-state index in [0.29, 0.717) is 6.61 Å². The Morgan fingerprint density at radius 3 is 2.32 bits per heavy atom. The molecule has 1 N–H and O–H groups in total. The number of carbonyl (C=O) groups is 1. The first kappa shape index (κ1) is 17.6. The second-order valence-electron chi connectivity index (χ2n) is 6.61. The monoisotopic (exact) mass is 339 g/mol. The molecule has 1 aliphatic rings. The van der Waals surface area contributed by atoms with Crippen LogP contribution in [0.2, 0.25) is 0 Å². The zero-order valence-electron chi connectivity index (χ0n) is 14.6. The third kappa shape index (κ3) is 4.47. The molecule has 0 radical (unpaired) electrons. The molecule has 132 valence electrons. The number of aliphatic hydroxyl groups is 1. The van der Waals surface area contributed by atoms with Gasteiger partial charge >= 0.3 is 5.97 Å². The maximum Gasteiger partial charge on any atom is 0.302 e. The minimum Gasteiger partial charge on any atom is -0.464 e. The number of aliphatic hydroxyl groups excluding tert-OH is 1. The molecule has 1 aliphatic heterocycles. The van der Waals surface area contributed by atoms with Crippen molar-refractivity contribution in [3.63, 3.8) is 0 Å². The van der Waals surface area contributed by atoms with Gasteiger partial charge in [0, 0.05) is 25.6 Å². The normalized spacial score (nSPS) is 20.6. The van der Waals surface area contributed by atoms with Crippen molar-refractivity contribution in [3.8, 4) is 11.1 Å². The highest BCUT2D eigenvalue weighted by Gasteiger charge is 2.33. The van der Waals surface area contributed by atoms with Crippen LogP contribution < -0.4 is 0 Å². The lowest BCUT2D eigenvalue weighted by molar-refractivity contribution is -0.142. The number of hydrogen-bond acceptors (Lipinski definition) is 4. The summed E-state index contributed by atoms with van der Waals surface area (Å²) >= 11 is 0. The molecular weight excluding hydrogens is 314 g/mol. The average Bonchev–Trinajstić information content (AvgIpc) is 3.03. The van der Waals surface area contributed by atoms with Crippen LogP contribution in [0, 0.1) is 0 Å². The Morgan fingerprint density at radius 1 is 1.04 bits per heavy atom. The molecule has 3 rings (SSSR count). The highest BCUT2D eigenvalue weighted by atomic mass is 16.5. The topological polar surface area (TPSA) is 49.8 Å². The van der Waals surface area contributed by atoms with Crippen LogP contribution in [0.3, 0.4) is 0 Å². The summed E-state index contributed by atoms with van der Waals surface area (Å²) in [4.78, 5) is 13.4. The van der Waals surface area contributed by atoms with Gasteiger partial charge in [0.1, 0.15) is 6.61 Å². The standard InChI is InChI=1S/C21H25NO3/c1-16(24)25-15-21-12-11-20(14-23)22(21)13-17-7-9-19(10-8-17)18-5-3-2-4-6-18/h2-10,20-21,23H,11-15H2,1H3/t20-,21-/m0/s1. The Balaban J connectivity index is 1.69. The van der Waals surface area contributed by atoms with E-state index in [2.05, 4.69) is 41.3 Å². The number of benzene rings is 2. The minimum atomic E-state index is -0.250. The van der Waals surface area contributed by atoms with E-state index in [4.69, 9.17) is 4.74 Å². The molecule has 0 unspecified atom stereocenters. The largest absolute Gasteiger partial charge is 0.464 e. The molecule has 2 aromatic rings. The van der Waals surface area contributed by atoms with E-state index in [1.165, 1.54) is 23.6 Å². The second kappa shape index (κ2) is 8.28. The van der Waals surface area contributed by atoms with E-state index in [0.717, 1.165) is 19.4 Å². The van der Waals surface area contributed by atoms with Gasteiger partial charge in [0.05, 0.1) is 6.61 Å². The van der Waals surface area contributed by atoms with Crippen LogP contribution >= 0.6 is 0 Å². The average molecular weight is 339 g/mol. The van der Waals surface area contributed by atoms with Crippen molar-refractivity contribution in [2.24, 2.45) is 0 Å². The van der Waals surface area contributed by atoms with Gasteiger partial charge < -0.3 is 9.84 Å². The number of ether oxygens (including phenoxy) is 1. The Morgan fingerprint density at radius 2 is 1.68 bits per heavy atom. The lowest BCUT2D eigenvalue weighted by Crippen LogP contribution is -2.40. The first-order valence-corrected chi connectivity index (χ1v) is 8.81. The molecule has 4 heteroatoms. The van der Waals surface area contributed by atoms with E-state index < -0.39 is 0 Å². The minimum absolute atomic E-state index is 0.134. The summed E-state index contributed by atoms with van der Waals surface area (Å²) in [5, 5.41) is 9.65. The molecule has 2 atom stereocenters. The number of likely N-dealkylation sites (tertiary alicyclic amines) is 1. The van der Waals surface area contributed by atoms with Crippen LogP contribution in [-0.2, 0) is 16.1 Å². The third-order valence-corrected chi connectivity index (χ3v) is 4.89. The van der Waals surface area contributed by atoms with E-state index in [1.807, 2.05) is 18.2 Å². The Hall–Kier alpha value is -2.17. The first-order valence-electron chi connectivity index (χ1n) is 8.81. The molecule has 4 nitrogen and oxygen atoms in total. The van der Waals surface area contributed by atoms with Gasteiger partial charge in [-0.3, -0.25) is 9.69 Å². The second-order valence-corrected chi connectivity index (χ2v) is 6.61. The quantitative estimate of drug-likeness (QED) is 0.821. The smallest absolute Gasteiger partial charge is 0.302 e. The van der Waals surface area contributed by atoms with Gasteiger partial charge in [-0.1, -0.05) is 54.6 Å². The van der Waals surface area contributed by atoms with Gasteiger partial charge in [-0.25, -0.2) is 0 Å². The Labute approximate surface area is 149 Å². The van der Waals surface area contributed by atoms with Crippen molar-refractivity contribution >= 4 is 5.97 Å². The SMILES string of the molecule is CC(=O)OC[C@@H]1CC[C@@H](CO)N1Cc1ccc(-c2ccccc2)cc1. The van der Waals surface area contributed by atoms with Crippen molar-refractivity contribution in [1.29, 1.82) is 0 Å². The highest BCUT2D eigenvalue weighted by molar-refractivity contribution is 5.66. The molecule has 0 spiro atoms. The van der Waals surface area contributed by atoms with Gasteiger partial charge in [-0.05, 0) is 29.5 Å². The summed E-state index contributed by atoms with van der Waals surface area (Å²) in [5.74, 6) is -0.250. The third-order valence-electron chi connectivity index (χ3n) is 4.89. The van der Waals surface area contributed by atoms with Gasteiger partial charge in [0.2, 0.25) is 0 Å². The van der Waals surface area contributed by atoms with Gasteiger partial charge in [0.25, 0.3) is 0 Å². The summed E-state index contributed by atoms with van der Waals surface area (Å²) in [7, 11) is 0. The molecule has 0 aliphatic carbocycles. The number of nitrogens with zero attached hydrogens (tertiary/aromatic N) is 1. The zero-order valence-corrected chi connectivity index (χ0v) is 14.6. The fourth-order valence-corrected chi connectivity index (χ4v) is 3.51. The number of rotatable bonds is 6.